The summed E-state index contributed by atoms with van der Waals surface area (Å²) in [7, 11) is 0. The molecule has 5 nitrogen and oxygen atoms in total. The summed E-state index contributed by atoms with van der Waals surface area (Å²) >= 11 is 0. The first kappa shape index (κ1) is 13.9. The van der Waals surface area contributed by atoms with Gasteiger partial charge in [0.15, 0.2) is 0 Å². The Hall–Kier alpha value is -2.17. The number of carbonyl (C=O) groups is 2. The van der Waals surface area contributed by atoms with Gasteiger partial charge in [-0.2, -0.15) is 0 Å². The van der Waals surface area contributed by atoms with Crippen LogP contribution < -0.4 is 0 Å². The molecule has 0 N–H and O–H groups in total. The van der Waals surface area contributed by atoms with Crippen molar-refractivity contribution in [2.75, 3.05) is 13.2 Å². The number of carbonyl (C=O) groups excluding carboxylic acids is 2. The first-order valence-electron chi connectivity index (χ1n) is 5.66. The van der Waals surface area contributed by atoms with Gasteiger partial charge in [0.25, 0.3) is 0 Å². The average Bonchev–Trinajstić information content (AvgIpc) is 2.37. The molecule has 1 aromatic heterocycles. The highest BCUT2D eigenvalue weighted by Crippen LogP contribution is 2.03. The normalized spacial score (nSPS) is 10.3. The standard InChI is InChI=1S/C13H15NO4/c1-3-17-12(15)9-8-10-6-5-7-11(14-10)13(16)18-4-2/h5-9H,3-4H2,1-2H3. The van der Waals surface area contributed by atoms with Crippen LogP contribution in [-0.2, 0) is 14.3 Å². The van der Waals surface area contributed by atoms with Crippen molar-refractivity contribution >= 4 is 18.0 Å². The van der Waals surface area contributed by atoms with Crippen LogP contribution >= 0.6 is 0 Å². The lowest BCUT2D eigenvalue weighted by Crippen LogP contribution is -2.07. The van der Waals surface area contributed by atoms with Crippen LogP contribution in [0.4, 0.5) is 0 Å². The Labute approximate surface area is 105 Å². The molecular weight excluding hydrogens is 234 g/mol. The maximum absolute atomic E-state index is 11.4. The van der Waals surface area contributed by atoms with E-state index in [2.05, 4.69) is 4.98 Å². The molecule has 18 heavy (non-hydrogen) atoms. The zero-order valence-electron chi connectivity index (χ0n) is 10.4. The van der Waals surface area contributed by atoms with E-state index < -0.39 is 11.9 Å². The van der Waals surface area contributed by atoms with Gasteiger partial charge < -0.3 is 9.47 Å². The maximum atomic E-state index is 11.4. The molecule has 0 bridgehead atoms. The van der Waals surface area contributed by atoms with Gasteiger partial charge in [-0.25, -0.2) is 14.6 Å². The topological polar surface area (TPSA) is 65.5 Å². The number of hydrogen-bond donors (Lipinski definition) is 0. The van der Waals surface area contributed by atoms with Crippen molar-refractivity contribution < 1.29 is 19.1 Å². The van der Waals surface area contributed by atoms with Crippen molar-refractivity contribution in [1.82, 2.24) is 4.98 Å². The van der Waals surface area contributed by atoms with Crippen LogP contribution in [0.2, 0.25) is 0 Å². The average molecular weight is 249 g/mol. The summed E-state index contributed by atoms with van der Waals surface area (Å²) in [5.74, 6) is -0.926. The molecule has 0 saturated carbocycles. The van der Waals surface area contributed by atoms with Crippen LogP contribution in [0.3, 0.4) is 0 Å². The van der Waals surface area contributed by atoms with E-state index in [9.17, 15) is 9.59 Å². The lowest BCUT2D eigenvalue weighted by molar-refractivity contribution is -0.137. The monoisotopic (exact) mass is 249 g/mol. The van der Waals surface area contributed by atoms with Crippen molar-refractivity contribution in [2.45, 2.75) is 13.8 Å². The summed E-state index contributed by atoms with van der Waals surface area (Å²) in [4.78, 5) is 26.6. The first-order valence-corrected chi connectivity index (χ1v) is 5.66. The molecule has 0 fully saturated rings. The minimum Gasteiger partial charge on any atom is -0.463 e. The number of rotatable bonds is 5. The van der Waals surface area contributed by atoms with Crippen molar-refractivity contribution in [1.29, 1.82) is 0 Å². The quantitative estimate of drug-likeness (QED) is 0.588. The Kier molecular flexibility index (Phi) is 5.57. The lowest BCUT2D eigenvalue weighted by atomic mass is 10.3. The van der Waals surface area contributed by atoms with Crippen molar-refractivity contribution in [3.63, 3.8) is 0 Å². The van der Waals surface area contributed by atoms with Crippen molar-refractivity contribution in [2.24, 2.45) is 0 Å². The third-order valence-electron chi connectivity index (χ3n) is 1.93. The molecule has 1 heterocycles. The summed E-state index contributed by atoms with van der Waals surface area (Å²) in [6.45, 7) is 4.07. The number of aromatic nitrogens is 1. The summed E-state index contributed by atoms with van der Waals surface area (Å²) in [6, 6.07) is 4.90. The molecule has 0 aliphatic rings. The van der Waals surface area contributed by atoms with E-state index in [4.69, 9.17) is 9.47 Å². The summed E-state index contributed by atoms with van der Waals surface area (Å²) in [6.07, 6.45) is 2.75. The largest absolute Gasteiger partial charge is 0.463 e. The Balaban J connectivity index is 2.76. The molecule has 5 heteroatoms. The Morgan fingerprint density at radius 2 is 1.94 bits per heavy atom. The minimum atomic E-state index is -0.483. The molecule has 0 aliphatic carbocycles. The van der Waals surface area contributed by atoms with Crippen LogP contribution in [0, 0.1) is 0 Å². The zero-order valence-corrected chi connectivity index (χ0v) is 10.4. The van der Waals surface area contributed by atoms with E-state index >= 15 is 0 Å². The molecule has 1 rings (SSSR count). The molecule has 0 spiro atoms. The first-order chi connectivity index (χ1) is 8.67. The molecule has 0 radical (unpaired) electrons. The number of hydrogen-bond acceptors (Lipinski definition) is 5. The molecule has 1 aromatic rings. The van der Waals surface area contributed by atoms with E-state index in [0.29, 0.717) is 18.9 Å². The predicted molar refractivity (Wildman–Crippen MR) is 65.9 cm³/mol. The van der Waals surface area contributed by atoms with Crippen LogP contribution in [0.1, 0.15) is 30.0 Å². The minimum absolute atomic E-state index is 0.211. The van der Waals surface area contributed by atoms with Gasteiger partial charge >= 0.3 is 11.9 Å². The highest BCUT2D eigenvalue weighted by Gasteiger charge is 2.07. The van der Waals surface area contributed by atoms with E-state index in [1.165, 1.54) is 12.2 Å². The highest BCUT2D eigenvalue weighted by molar-refractivity contribution is 5.88. The van der Waals surface area contributed by atoms with Gasteiger partial charge in [-0.15, -0.1) is 0 Å². The van der Waals surface area contributed by atoms with Gasteiger partial charge in [0.2, 0.25) is 0 Å². The van der Waals surface area contributed by atoms with Crippen LogP contribution in [-0.4, -0.2) is 30.1 Å². The van der Waals surface area contributed by atoms with E-state index in [1.54, 1.807) is 32.0 Å². The van der Waals surface area contributed by atoms with Gasteiger partial charge in [-0.3, -0.25) is 0 Å². The molecule has 0 amide bonds. The van der Waals surface area contributed by atoms with Crippen LogP contribution in [0.25, 0.3) is 6.08 Å². The number of ether oxygens (including phenoxy) is 2. The fourth-order valence-corrected chi connectivity index (χ4v) is 1.21. The van der Waals surface area contributed by atoms with E-state index in [0.717, 1.165) is 0 Å². The molecule has 0 atom stereocenters. The molecule has 0 aromatic carbocycles. The maximum Gasteiger partial charge on any atom is 0.356 e. The molecule has 0 unspecified atom stereocenters. The third-order valence-corrected chi connectivity index (χ3v) is 1.93. The molecule has 0 saturated heterocycles. The van der Waals surface area contributed by atoms with Gasteiger partial charge in [-0.1, -0.05) is 6.07 Å². The van der Waals surface area contributed by atoms with Gasteiger partial charge in [-0.05, 0) is 32.1 Å². The SMILES string of the molecule is CCOC(=O)C=Cc1cccc(C(=O)OCC)n1. The van der Waals surface area contributed by atoms with Gasteiger partial charge in [0, 0.05) is 6.08 Å². The van der Waals surface area contributed by atoms with Crippen molar-refractivity contribution in [3.05, 3.63) is 35.7 Å². The zero-order chi connectivity index (χ0) is 13.4. The molecule has 96 valence electrons. The number of esters is 2. The van der Waals surface area contributed by atoms with E-state index in [-0.39, 0.29) is 5.69 Å². The van der Waals surface area contributed by atoms with E-state index in [1.807, 2.05) is 0 Å². The fraction of sp³-hybridized carbons (Fsp3) is 0.308. The molecule has 0 aliphatic heterocycles. The van der Waals surface area contributed by atoms with Gasteiger partial charge in [0.1, 0.15) is 5.69 Å². The third kappa shape index (κ3) is 4.37. The second kappa shape index (κ2) is 7.21. The predicted octanol–water partition coefficient (Wildman–Crippen LogP) is 1.83. The Morgan fingerprint density at radius 1 is 1.22 bits per heavy atom. The summed E-state index contributed by atoms with van der Waals surface area (Å²) < 4.78 is 9.56. The summed E-state index contributed by atoms with van der Waals surface area (Å²) in [5, 5.41) is 0. The lowest BCUT2D eigenvalue weighted by Gasteiger charge is -2.01. The van der Waals surface area contributed by atoms with Gasteiger partial charge in [0.05, 0.1) is 18.9 Å². The van der Waals surface area contributed by atoms with Crippen molar-refractivity contribution in [3.8, 4) is 0 Å². The number of nitrogens with zero attached hydrogens (tertiary/aromatic N) is 1. The number of pyridine rings is 1. The Bertz CT molecular complexity index is 454. The Morgan fingerprint density at radius 3 is 2.61 bits per heavy atom. The van der Waals surface area contributed by atoms with Crippen LogP contribution in [0.5, 0.6) is 0 Å². The smallest absolute Gasteiger partial charge is 0.356 e. The van der Waals surface area contributed by atoms with Crippen LogP contribution in [0.15, 0.2) is 24.3 Å². The second-order valence-corrected chi connectivity index (χ2v) is 3.25. The summed E-state index contributed by atoms with van der Waals surface area (Å²) in [5.41, 5.74) is 0.705. The molecular formula is C13H15NO4. The fourth-order valence-electron chi connectivity index (χ4n) is 1.21. The second-order valence-electron chi connectivity index (χ2n) is 3.25. The highest BCUT2D eigenvalue weighted by atomic mass is 16.5.